The Morgan fingerprint density at radius 3 is 0.952 bits per heavy atom. The zero-order valence-electron chi connectivity index (χ0n) is 27.0. The second kappa shape index (κ2) is 25.1. The van der Waals surface area contributed by atoms with Crippen LogP contribution in [0.2, 0.25) is 19.0 Å². The van der Waals surface area contributed by atoms with Gasteiger partial charge in [0, 0.05) is 0 Å². The third kappa shape index (κ3) is 16.8. The lowest BCUT2D eigenvalue weighted by Gasteiger charge is -2.47. The average molecular weight is 600 g/mol. The van der Waals surface area contributed by atoms with Crippen molar-refractivity contribution < 1.29 is 44.4 Å². The van der Waals surface area contributed by atoms with Crippen LogP contribution in [0.5, 0.6) is 0 Å². The van der Waals surface area contributed by atoms with E-state index in [4.69, 9.17) is 14.0 Å². The van der Waals surface area contributed by atoms with Crippen LogP contribution in [0.3, 0.4) is 0 Å². The van der Waals surface area contributed by atoms with Gasteiger partial charge in [0.1, 0.15) is 18.3 Å². The molecule has 1 saturated carbocycles. The van der Waals surface area contributed by atoms with Crippen molar-refractivity contribution in [3.8, 4) is 0 Å². The highest BCUT2D eigenvalue weighted by Crippen LogP contribution is 2.31. The molecule has 0 aromatic carbocycles. The molecular weight excluding hydrogens is 537 g/mol. The Kier molecular flexibility index (Phi) is 23.8. The summed E-state index contributed by atoms with van der Waals surface area (Å²) in [6, 6.07) is 0. The maximum Gasteiger partial charge on any atom is 0.454 e. The first kappa shape index (κ1) is 39.9. The maximum absolute atomic E-state index is 10.9. The summed E-state index contributed by atoms with van der Waals surface area (Å²) in [6.45, 7) is 6.48. The van der Waals surface area contributed by atoms with Gasteiger partial charge in [0.15, 0.2) is 0 Å². The van der Waals surface area contributed by atoms with Gasteiger partial charge in [-0.15, -0.1) is 0 Å². The molecular formula is C30H63B3O9. The molecule has 1 rings (SSSR count). The van der Waals surface area contributed by atoms with Gasteiger partial charge in [-0.05, 0) is 19.0 Å². The van der Waals surface area contributed by atoms with Crippen molar-refractivity contribution in [3.63, 3.8) is 0 Å². The first-order valence-electron chi connectivity index (χ1n) is 17.3. The molecule has 0 aromatic heterocycles. The topological polar surface area (TPSA) is 149 Å². The summed E-state index contributed by atoms with van der Waals surface area (Å²) >= 11 is 0. The lowest BCUT2D eigenvalue weighted by atomic mass is 9.75. The molecule has 2 unspecified atom stereocenters. The normalized spacial score (nSPS) is 24.2. The highest BCUT2D eigenvalue weighted by molar-refractivity contribution is 6.43. The van der Waals surface area contributed by atoms with E-state index in [2.05, 4.69) is 20.8 Å². The number of unbranched alkanes of at least 4 members (excludes halogenated alkanes) is 15. The smallest absolute Gasteiger partial charge is 0.427 e. The Hall–Kier alpha value is -0.165. The predicted molar refractivity (Wildman–Crippen MR) is 171 cm³/mol. The molecule has 0 radical (unpaired) electrons. The van der Waals surface area contributed by atoms with Gasteiger partial charge in [0.05, 0.1) is 18.3 Å². The van der Waals surface area contributed by atoms with Crippen LogP contribution in [0.25, 0.3) is 0 Å². The molecule has 0 heterocycles. The Balaban J connectivity index is 2.86. The Labute approximate surface area is 257 Å². The van der Waals surface area contributed by atoms with Crippen molar-refractivity contribution in [2.24, 2.45) is 0 Å². The molecule has 6 N–H and O–H groups in total. The van der Waals surface area contributed by atoms with Crippen LogP contribution >= 0.6 is 0 Å². The van der Waals surface area contributed by atoms with Crippen LogP contribution in [-0.4, -0.2) is 88.4 Å². The molecule has 0 amide bonds. The molecule has 0 spiro atoms. The zero-order chi connectivity index (χ0) is 31.2. The van der Waals surface area contributed by atoms with Gasteiger partial charge in [0.25, 0.3) is 0 Å². The third-order valence-electron chi connectivity index (χ3n) is 8.38. The van der Waals surface area contributed by atoms with Crippen LogP contribution in [-0.2, 0) is 14.0 Å². The summed E-state index contributed by atoms with van der Waals surface area (Å²) in [5, 5.41) is 64.5. The van der Waals surface area contributed by atoms with E-state index in [-0.39, 0.29) is 0 Å². The highest BCUT2D eigenvalue weighted by atomic mass is 16.6. The fraction of sp³-hybridized carbons (Fsp3) is 1.00. The quantitative estimate of drug-likeness (QED) is 0.0580. The van der Waals surface area contributed by atoms with Gasteiger partial charge in [-0.1, -0.05) is 136 Å². The summed E-state index contributed by atoms with van der Waals surface area (Å²) < 4.78 is 17.6. The van der Waals surface area contributed by atoms with Crippen LogP contribution in [0.1, 0.15) is 136 Å². The molecule has 9 nitrogen and oxygen atoms in total. The van der Waals surface area contributed by atoms with Gasteiger partial charge in [-0.2, -0.15) is 0 Å². The van der Waals surface area contributed by atoms with E-state index in [1.807, 2.05) is 0 Å². The van der Waals surface area contributed by atoms with Gasteiger partial charge in [-0.3, -0.25) is 0 Å². The second-order valence-corrected chi connectivity index (χ2v) is 12.3. The molecule has 12 heteroatoms. The molecule has 1 aliphatic carbocycles. The number of hydrogen-bond acceptors (Lipinski definition) is 9. The fourth-order valence-electron chi connectivity index (χ4n) is 5.68. The second-order valence-electron chi connectivity index (χ2n) is 12.3. The van der Waals surface area contributed by atoms with Crippen LogP contribution < -0.4 is 0 Å². The zero-order valence-corrected chi connectivity index (χ0v) is 27.0. The number of aliphatic hydroxyl groups is 3. The fourth-order valence-corrected chi connectivity index (χ4v) is 5.68. The Morgan fingerprint density at radius 2 is 0.643 bits per heavy atom. The van der Waals surface area contributed by atoms with E-state index in [9.17, 15) is 30.4 Å². The molecule has 0 bridgehead atoms. The van der Waals surface area contributed by atoms with Crippen molar-refractivity contribution >= 4 is 21.4 Å². The molecule has 0 saturated heterocycles. The highest BCUT2D eigenvalue weighted by Gasteiger charge is 2.53. The number of aliphatic hydroxyl groups excluding tert-OH is 3. The SMILES string of the molecule is CCCCCCCCB(O)OC1[C@@H](OB(O)CCCCCCCC)[C@@H](O)C(O)[C@H](O)[C@H]1OB(O)CCCCCCCC. The van der Waals surface area contributed by atoms with Crippen molar-refractivity contribution in [2.45, 2.75) is 192 Å². The number of hydrogen-bond donors (Lipinski definition) is 6. The van der Waals surface area contributed by atoms with Gasteiger partial charge in [-0.25, -0.2) is 0 Å². The Morgan fingerprint density at radius 1 is 0.381 bits per heavy atom. The molecule has 246 valence electrons. The minimum absolute atomic E-state index is 0.340. The van der Waals surface area contributed by atoms with Crippen molar-refractivity contribution in [3.05, 3.63) is 0 Å². The van der Waals surface area contributed by atoms with Crippen LogP contribution in [0, 0.1) is 0 Å². The summed E-state index contributed by atoms with van der Waals surface area (Å²) in [6.07, 6.45) is 11.2. The monoisotopic (exact) mass is 600 g/mol. The van der Waals surface area contributed by atoms with Crippen molar-refractivity contribution in [1.29, 1.82) is 0 Å². The van der Waals surface area contributed by atoms with E-state index in [0.717, 1.165) is 96.3 Å². The van der Waals surface area contributed by atoms with Gasteiger partial charge in [0.2, 0.25) is 0 Å². The molecule has 0 aromatic rings. The van der Waals surface area contributed by atoms with Crippen molar-refractivity contribution in [2.75, 3.05) is 0 Å². The molecule has 1 fully saturated rings. The van der Waals surface area contributed by atoms with E-state index in [0.29, 0.717) is 19.0 Å². The van der Waals surface area contributed by atoms with Gasteiger partial charge >= 0.3 is 21.4 Å². The van der Waals surface area contributed by atoms with E-state index in [1.54, 1.807) is 0 Å². The Bertz CT molecular complexity index is 587. The lowest BCUT2D eigenvalue weighted by Crippen LogP contribution is -2.67. The average Bonchev–Trinajstić information content (AvgIpc) is 2.97. The molecule has 42 heavy (non-hydrogen) atoms. The summed E-state index contributed by atoms with van der Waals surface area (Å²) in [4.78, 5) is 0. The summed E-state index contributed by atoms with van der Waals surface area (Å²) in [5.41, 5.74) is 0. The minimum atomic E-state index is -1.64. The molecule has 6 atom stereocenters. The minimum Gasteiger partial charge on any atom is -0.427 e. The largest absolute Gasteiger partial charge is 0.454 e. The first-order valence-corrected chi connectivity index (χ1v) is 17.3. The lowest BCUT2D eigenvalue weighted by molar-refractivity contribution is -0.213. The van der Waals surface area contributed by atoms with Gasteiger partial charge < -0.3 is 44.4 Å². The number of rotatable bonds is 27. The van der Waals surface area contributed by atoms with Crippen LogP contribution in [0.4, 0.5) is 0 Å². The summed E-state index contributed by atoms with van der Waals surface area (Å²) in [5.74, 6) is 0. The van der Waals surface area contributed by atoms with Crippen molar-refractivity contribution in [1.82, 2.24) is 0 Å². The first-order chi connectivity index (χ1) is 20.3. The molecule has 0 aliphatic heterocycles. The third-order valence-corrected chi connectivity index (χ3v) is 8.38. The standard InChI is InChI=1S/C30H63B3O9/c1-4-7-10-13-16-19-22-31(37)40-28-26(35)25(34)27(36)29(41-32(38)23-20-17-14-11-8-5-2)30(28)42-33(39)24-21-18-15-12-9-6-3/h25-30,34-39H,4-24H2,1-3H3/t25?,26-,27-,28-,29+,30?/m0/s1. The molecule has 1 aliphatic rings. The predicted octanol–water partition coefficient (Wildman–Crippen LogP) is 4.76. The van der Waals surface area contributed by atoms with E-state index < -0.39 is 58.0 Å². The van der Waals surface area contributed by atoms with Crippen LogP contribution in [0.15, 0.2) is 0 Å². The van der Waals surface area contributed by atoms with E-state index >= 15 is 0 Å². The maximum atomic E-state index is 10.9. The summed E-state index contributed by atoms with van der Waals surface area (Å²) in [7, 11) is -3.68. The van der Waals surface area contributed by atoms with E-state index in [1.165, 1.54) is 19.3 Å².